The third-order valence-electron chi connectivity index (χ3n) is 4.62. The van der Waals surface area contributed by atoms with Gasteiger partial charge >= 0.3 is 11.9 Å². The van der Waals surface area contributed by atoms with Gasteiger partial charge in [0.1, 0.15) is 0 Å². The number of hydrogen-bond donors (Lipinski definition) is 3. The van der Waals surface area contributed by atoms with Gasteiger partial charge in [-0.2, -0.15) is 5.43 Å². The average Bonchev–Trinajstić information content (AvgIpc) is 2.79. The molecule has 0 aliphatic carbocycles. The van der Waals surface area contributed by atoms with Gasteiger partial charge in [-0.25, -0.2) is 5.43 Å². The predicted octanol–water partition coefficient (Wildman–Crippen LogP) is 1.78. The summed E-state index contributed by atoms with van der Waals surface area (Å²) >= 11 is 0. The second kappa shape index (κ2) is 8.96. The Morgan fingerprint density at radius 2 is 1.76 bits per heavy atom. The Bertz CT molecular complexity index is 945. The smallest absolute Gasteiger partial charge is 0.303 e. The quantitative estimate of drug-likeness (QED) is 0.435. The first-order chi connectivity index (χ1) is 14.3. The number of benzene rings is 1. The minimum atomic E-state index is -0.270. The summed E-state index contributed by atoms with van der Waals surface area (Å²) in [4.78, 5) is 25.3. The van der Waals surface area contributed by atoms with E-state index in [1.54, 1.807) is 30.9 Å². The summed E-state index contributed by atoms with van der Waals surface area (Å²) < 4.78 is 1.85. The maximum Gasteiger partial charge on any atom is 0.394 e. The summed E-state index contributed by atoms with van der Waals surface area (Å²) in [5, 5.41) is 5.34. The molecule has 3 N–H and O–H groups in total. The number of carbonyl (C=O) groups excluding carboxylic acids is 1. The lowest BCUT2D eigenvalue weighted by atomic mass is 10.2. The zero-order chi connectivity index (χ0) is 19.9. The molecule has 1 amide bonds. The molecule has 148 valence electrons. The molecule has 1 saturated heterocycles. The molecule has 29 heavy (non-hydrogen) atoms. The highest BCUT2D eigenvalue weighted by Crippen LogP contribution is 2.12. The van der Waals surface area contributed by atoms with Crippen LogP contribution in [0.15, 0.2) is 61.2 Å². The first kappa shape index (κ1) is 18.6. The zero-order valence-corrected chi connectivity index (χ0v) is 16.0. The average molecular weight is 391 g/mol. The van der Waals surface area contributed by atoms with Crippen molar-refractivity contribution in [1.29, 1.82) is 0 Å². The molecule has 1 fully saturated rings. The highest BCUT2D eigenvalue weighted by molar-refractivity contribution is 5.94. The van der Waals surface area contributed by atoms with E-state index < -0.39 is 0 Å². The van der Waals surface area contributed by atoms with E-state index in [0.717, 1.165) is 31.6 Å². The zero-order valence-electron chi connectivity index (χ0n) is 16.0. The summed E-state index contributed by atoms with van der Waals surface area (Å²) in [7, 11) is 0. The van der Waals surface area contributed by atoms with Gasteiger partial charge in [0.05, 0.1) is 0 Å². The number of carbonyl (C=O) groups is 1. The fourth-order valence-electron chi connectivity index (χ4n) is 3.13. The molecule has 9 heteroatoms. The van der Waals surface area contributed by atoms with Gasteiger partial charge in [-0.1, -0.05) is 28.2 Å². The van der Waals surface area contributed by atoms with Gasteiger partial charge in [0, 0.05) is 36.7 Å². The number of anilines is 3. The van der Waals surface area contributed by atoms with Crippen molar-refractivity contribution in [2.75, 3.05) is 28.8 Å². The van der Waals surface area contributed by atoms with Crippen molar-refractivity contribution in [3.63, 3.8) is 0 Å². The third-order valence-corrected chi connectivity index (χ3v) is 4.62. The molecule has 0 spiro atoms. The number of hydrazine groups is 1. The van der Waals surface area contributed by atoms with Gasteiger partial charge < -0.3 is 5.32 Å². The monoisotopic (exact) mass is 391 g/mol. The molecular formula is C20H23N8O+. The van der Waals surface area contributed by atoms with Crippen LogP contribution in [0, 0.1) is 0 Å². The summed E-state index contributed by atoms with van der Waals surface area (Å²) in [5.41, 5.74) is 7.04. The number of piperidine rings is 1. The lowest BCUT2D eigenvalue weighted by Crippen LogP contribution is -2.62. The molecule has 4 rings (SSSR count). The molecular weight excluding hydrogens is 368 g/mol. The van der Waals surface area contributed by atoms with E-state index in [0.29, 0.717) is 17.5 Å². The standard InChI is InChI=1S/C20H22N8O/c29-18(16-9-11-21-12-10-16)25-26-20-24-19(23-17-7-3-1-4-8-17)22-15-28(20)27-13-5-2-6-14-27/h1,3-4,7-12,15H,2,5-6,13-14H2,(H2,21,23,24,25,26,29)/p+1. The van der Waals surface area contributed by atoms with E-state index in [4.69, 9.17) is 0 Å². The molecule has 0 bridgehead atoms. The van der Waals surface area contributed by atoms with Crippen molar-refractivity contribution in [2.24, 2.45) is 0 Å². The summed E-state index contributed by atoms with van der Waals surface area (Å²) in [5.74, 6) is 0.640. The maximum atomic E-state index is 12.4. The van der Waals surface area contributed by atoms with Crippen molar-refractivity contribution in [3.8, 4) is 0 Å². The van der Waals surface area contributed by atoms with E-state index in [1.807, 2.05) is 35.0 Å². The molecule has 1 aliphatic rings. The predicted molar refractivity (Wildman–Crippen MR) is 109 cm³/mol. The van der Waals surface area contributed by atoms with Crippen molar-refractivity contribution in [1.82, 2.24) is 20.4 Å². The first-order valence-corrected chi connectivity index (χ1v) is 9.62. The van der Waals surface area contributed by atoms with Gasteiger partial charge in [0.2, 0.25) is 6.33 Å². The number of nitrogens with zero attached hydrogens (tertiary/aromatic N) is 5. The van der Waals surface area contributed by atoms with Crippen molar-refractivity contribution >= 4 is 23.5 Å². The van der Waals surface area contributed by atoms with E-state index >= 15 is 0 Å². The van der Waals surface area contributed by atoms with Crippen LogP contribution < -0.4 is 25.9 Å². The van der Waals surface area contributed by atoms with E-state index in [1.165, 1.54) is 6.42 Å². The highest BCUT2D eigenvalue weighted by atomic mass is 16.2. The third kappa shape index (κ3) is 4.75. The number of amides is 1. The summed E-state index contributed by atoms with van der Waals surface area (Å²) in [6.45, 7) is 1.82. The van der Waals surface area contributed by atoms with E-state index in [9.17, 15) is 4.79 Å². The van der Waals surface area contributed by atoms with Crippen molar-refractivity contribution < 1.29 is 9.47 Å². The molecule has 1 aromatic carbocycles. The molecule has 2 aromatic heterocycles. The van der Waals surface area contributed by atoms with Crippen LogP contribution in [0.2, 0.25) is 0 Å². The largest absolute Gasteiger partial charge is 0.394 e. The van der Waals surface area contributed by atoms with Crippen LogP contribution in [-0.2, 0) is 0 Å². The molecule has 3 aromatic rings. The summed E-state index contributed by atoms with van der Waals surface area (Å²) in [6.07, 6.45) is 8.31. The van der Waals surface area contributed by atoms with Gasteiger partial charge in [0.25, 0.3) is 5.91 Å². The van der Waals surface area contributed by atoms with Crippen LogP contribution in [0.4, 0.5) is 17.6 Å². The first-order valence-electron chi connectivity index (χ1n) is 9.62. The summed E-state index contributed by atoms with van der Waals surface area (Å²) in [6, 6.07) is 13.0. The van der Waals surface area contributed by atoms with Gasteiger partial charge in [-0.05, 0) is 43.5 Å². The molecule has 0 atom stereocenters. The highest BCUT2D eigenvalue weighted by Gasteiger charge is 2.22. The molecule has 9 nitrogen and oxygen atoms in total. The Kier molecular flexibility index (Phi) is 5.75. The Morgan fingerprint density at radius 1 is 1.00 bits per heavy atom. The Hall–Kier alpha value is -3.75. The lowest BCUT2D eigenvalue weighted by molar-refractivity contribution is -0.686. The van der Waals surface area contributed by atoms with Crippen LogP contribution in [0.25, 0.3) is 0 Å². The lowest BCUT2D eigenvalue weighted by Gasteiger charge is -2.27. The number of pyridine rings is 1. The van der Waals surface area contributed by atoms with Crippen molar-refractivity contribution in [3.05, 3.63) is 66.7 Å². The van der Waals surface area contributed by atoms with E-state index in [-0.39, 0.29) is 5.91 Å². The second-order valence-electron chi connectivity index (χ2n) is 6.67. The van der Waals surface area contributed by atoms with E-state index in [2.05, 4.69) is 36.1 Å². The van der Waals surface area contributed by atoms with Crippen LogP contribution in [0.1, 0.15) is 29.6 Å². The van der Waals surface area contributed by atoms with Crippen LogP contribution in [-0.4, -0.2) is 33.9 Å². The molecule has 1 aliphatic heterocycles. The fourth-order valence-corrected chi connectivity index (χ4v) is 3.13. The molecule has 0 saturated carbocycles. The minimum Gasteiger partial charge on any atom is -0.303 e. The van der Waals surface area contributed by atoms with Crippen molar-refractivity contribution in [2.45, 2.75) is 19.3 Å². The maximum absolute atomic E-state index is 12.4. The number of aromatic nitrogens is 4. The topological polar surface area (TPSA) is 98.9 Å². The van der Waals surface area contributed by atoms with Gasteiger partial charge in [-0.3, -0.25) is 14.8 Å². The number of para-hydroxylation sites is 1. The Morgan fingerprint density at radius 3 is 2.52 bits per heavy atom. The molecule has 0 radical (unpaired) electrons. The van der Waals surface area contributed by atoms with Gasteiger partial charge in [-0.15, -0.1) is 4.68 Å². The number of rotatable bonds is 6. The SMILES string of the molecule is O=C(NNc1nc(Nc2ccccc2)nc[n+]1N1CCCCC1)c1ccncc1. The van der Waals surface area contributed by atoms with Crippen LogP contribution >= 0.6 is 0 Å². The second-order valence-corrected chi connectivity index (χ2v) is 6.67. The molecule has 3 heterocycles. The van der Waals surface area contributed by atoms with Gasteiger partial charge in [0.15, 0.2) is 0 Å². The number of nitrogens with one attached hydrogen (secondary N) is 3. The Labute approximate surface area is 168 Å². The number of hydrogen-bond acceptors (Lipinski definition) is 7. The fraction of sp³-hybridized carbons (Fsp3) is 0.250. The van der Waals surface area contributed by atoms with Crippen LogP contribution in [0.5, 0.6) is 0 Å². The van der Waals surface area contributed by atoms with Crippen LogP contribution in [0.3, 0.4) is 0 Å². The Balaban J connectivity index is 1.55. The minimum absolute atomic E-state index is 0.270. The molecule has 0 unspecified atom stereocenters. The normalized spacial score (nSPS) is 13.6.